The van der Waals surface area contributed by atoms with Gasteiger partial charge in [0.25, 0.3) is 0 Å². The molecular formula is C18H29N3O2. The minimum Gasteiger partial charge on any atom is -0.379 e. The summed E-state index contributed by atoms with van der Waals surface area (Å²) in [5.41, 5.74) is 8.19. The fraction of sp³-hybridized carbons (Fsp3) is 0.611. The van der Waals surface area contributed by atoms with Crippen molar-refractivity contribution >= 4 is 11.6 Å². The van der Waals surface area contributed by atoms with Crippen LogP contribution < -0.4 is 11.1 Å². The molecule has 1 saturated heterocycles. The van der Waals surface area contributed by atoms with Crippen molar-refractivity contribution in [2.24, 2.45) is 10.7 Å². The molecule has 1 atom stereocenters. The molecule has 3 N–H and O–H groups in total. The minimum absolute atomic E-state index is 0.290. The largest absolute Gasteiger partial charge is 0.379 e. The molecule has 1 aromatic rings. The van der Waals surface area contributed by atoms with E-state index in [9.17, 15) is 0 Å². The Balaban J connectivity index is 1.63. The highest BCUT2D eigenvalue weighted by atomic mass is 16.5. The predicted octanol–water partition coefficient (Wildman–Crippen LogP) is 3.12. The van der Waals surface area contributed by atoms with Crippen molar-refractivity contribution in [1.29, 1.82) is 0 Å². The lowest BCUT2D eigenvalue weighted by molar-refractivity contribution is 0.0171. The lowest BCUT2D eigenvalue weighted by atomic mass is 10.0. The molecule has 0 saturated carbocycles. The monoisotopic (exact) mass is 319 g/mol. The van der Waals surface area contributed by atoms with E-state index in [0.29, 0.717) is 37.7 Å². The fourth-order valence-corrected chi connectivity index (χ4v) is 2.52. The zero-order valence-corrected chi connectivity index (χ0v) is 14.3. The molecule has 1 unspecified atom stereocenters. The van der Waals surface area contributed by atoms with E-state index in [1.807, 2.05) is 12.1 Å². The molecule has 1 heterocycles. The van der Waals surface area contributed by atoms with Crippen LogP contribution in [0.1, 0.15) is 44.6 Å². The molecule has 0 aromatic heterocycles. The maximum Gasteiger partial charge on any atom is 0.193 e. The van der Waals surface area contributed by atoms with Gasteiger partial charge in [-0.05, 0) is 42.9 Å². The number of nitrogens with one attached hydrogen (secondary N) is 1. The first-order valence-electron chi connectivity index (χ1n) is 8.51. The van der Waals surface area contributed by atoms with E-state index >= 15 is 0 Å². The summed E-state index contributed by atoms with van der Waals surface area (Å²) in [6.07, 6.45) is 3.42. The molecule has 128 valence electrons. The van der Waals surface area contributed by atoms with Gasteiger partial charge in [0.15, 0.2) is 5.96 Å². The van der Waals surface area contributed by atoms with Gasteiger partial charge in [0, 0.05) is 25.4 Å². The maximum atomic E-state index is 5.92. The number of ether oxygens (including phenoxy) is 2. The van der Waals surface area contributed by atoms with Crippen LogP contribution in [0.3, 0.4) is 0 Å². The van der Waals surface area contributed by atoms with E-state index < -0.39 is 0 Å². The molecule has 0 bridgehead atoms. The molecule has 1 aliphatic rings. The highest BCUT2D eigenvalue weighted by Gasteiger charge is 2.14. The topological polar surface area (TPSA) is 68.9 Å². The van der Waals surface area contributed by atoms with Crippen LogP contribution in [0.15, 0.2) is 29.3 Å². The molecule has 0 spiro atoms. The number of hydrogen-bond donors (Lipinski definition) is 2. The first-order valence-corrected chi connectivity index (χ1v) is 8.51. The smallest absolute Gasteiger partial charge is 0.193 e. The van der Waals surface area contributed by atoms with Gasteiger partial charge in [-0.25, -0.2) is 0 Å². The van der Waals surface area contributed by atoms with E-state index in [4.69, 9.17) is 15.2 Å². The molecule has 5 nitrogen and oxygen atoms in total. The zero-order valence-electron chi connectivity index (χ0n) is 14.3. The second-order valence-electron chi connectivity index (χ2n) is 6.24. The SMILES string of the molecule is CC(C)c1cccc(NC(N)=NCCCOCC2CCCO2)c1. The molecule has 0 aliphatic carbocycles. The van der Waals surface area contributed by atoms with Crippen molar-refractivity contribution in [2.75, 3.05) is 31.7 Å². The number of benzene rings is 1. The summed E-state index contributed by atoms with van der Waals surface area (Å²) in [7, 11) is 0. The Kier molecular flexibility index (Phi) is 7.36. The van der Waals surface area contributed by atoms with Gasteiger partial charge in [-0.15, -0.1) is 0 Å². The third-order valence-electron chi connectivity index (χ3n) is 3.88. The van der Waals surface area contributed by atoms with E-state index in [-0.39, 0.29) is 0 Å². The van der Waals surface area contributed by atoms with Crippen molar-refractivity contribution in [3.63, 3.8) is 0 Å². The summed E-state index contributed by atoms with van der Waals surface area (Å²) in [5, 5.41) is 3.14. The Morgan fingerprint density at radius 2 is 2.35 bits per heavy atom. The molecule has 2 rings (SSSR count). The van der Waals surface area contributed by atoms with Crippen LogP contribution in [0.25, 0.3) is 0 Å². The fourth-order valence-electron chi connectivity index (χ4n) is 2.52. The van der Waals surface area contributed by atoms with Gasteiger partial charge in [0.2, 0.25) is 0 Å². The van der Waals surface area contributed by atoms with Crippen LogP contribution in [0.5, 0.6) is 0 Å². The summed E-state index contributed by atoms with van der Waals surface area (Å²) < 4.78 is 11.1. The van der Waals surface area contributed by atoms with Crippen molar-refractivity contribution in [3.05, 3.63) is 29.8 Å². The second kappa shape index (κ2) is 9.53. The van der Waals surface area contributed by atoms with E-state index in [1.54, 1.807) is 0 Å². The van der Waals surface area contributed by atoms with E-state index in [0.717, 1.165) is 31.6 Å². The van der Waals surface area contributed by atoms with E-state index in [1.165, 1.54) is 5.56 Å². The summed E-state index contributed by atoms with van der Waals surface area (Å²) in [5.74, 6) is 0.945. The summed E-state index contributed by atoms with van der Waals surface area (Å²) >= 11 is 0. The molecule has 1 aliphatic heterocycles. The molecule has 0 radical (unpaired) electrons. The van der Waals surface area contributed by atoms with Crippen LogP contribution in [-0.2, 0) is 9.47 Å². The average molecular weight is 319 g/mol. The first-order chi connectivity index (χ1) is 11.1. The molecular weight excluding hydrogens is 290 g/mol. The summed E-state index contributed by atoms with van der Waals surface area (Å²) in [6, 6.07) is 8.26. The Bertz CT molecular complexity index is 497. The number of nitrogens with zero attached hydrogens (tertiary/aromatic N) is 1. The van der Waals surface area contributed by atoms with Crippen LogP contribution >= 0.6 is 0 Å². The number of aliphatic imine (C=N–C) groups is 1. The van der Waals surface area contributed by atoms with Gasteiger partial charge < -0.3 is 20.5 Å². The highest BCUT2D eigenvalue weighted by Crippen LogP contribution is 2.18. The molecule has 1 fully saturated rings. The number of nitrogens with two attached hydrogens (primary N) is 1. The second-order valence-corrected chi connectivity index (χ2v) is 6.24. The third kappa shape index (κ3) is 6.59. The molecule has 0 amide bonds. The first kappa shape index (κ1) is 17.8. The quantitative estimate of drug-likeness (QED) is 0.439. The van der Waals surface area contributed by atoms with Gasteiger partial charge >= 0.3 is 0 Å². The van der Waals surface area contributed by atoms with Gasteiger partial charge in [0.05, 0.1) is 12.7 Å². The van der Waals surface area contributed by atoms with Gasteiger partial charge in [-0.1, -0.05) is 26.0 Å². The van der Waals surface area contributed by atoms with Crippen molar-refractivity contribution in [2.45, 2.75) is 45.1 Å². The minimum atomic E-state index is 0.290. The Labute approximate surface area is 139 Å². The normalized spacial score (nSPS) is 18.6. The highest BCUT2D eigenvalue weighted by molar-refractivity contribution is 5.92. The van der Waals surface area contributed by atoms with E-state index in [2.05, 4.69) is 36.3 Å². The maximum absolute atomic E-state index is 5.92. The van der Waals surface area contributed by atoms with Crippen LogP contribution in [0, 0.1) is 0 Å². The summed E-state index contributed by atoms with van der Waals surface area (Å²) in [6.45, 7) is 7.27. The van der Waals surface area contributed by atoms with Crippen LogP contribution in [0.2, 0.25) is 0 Å². The Hall–Kier alpha value is -1.59. The number of guanidine groups is 1. The Morgan fingerprint density at radius 1 is 1.48 bits per heavy atom. The molecule has 1 aromatic carbocycles. The molecule has 23 heavy (non-hydrogen) atoms. The zero-order chi connectivity index (χ0) is 16.5. The van der Waals surface area contributed by atoms with Crippen molar-refractivity contribution < 1.29 is 9.47 Å². The third-order valence-corrected chi connectivity index (χ3v) is 3.88. The standard InChI is InChI=1S/C18H29N3O2/c1-14(2)15-6-3-7-16(12-15)21-18(19)20-9-5-10-22-13-17-8-4-11-23-17/h3,6-7,12,14,17H,4-5,8-11,13H2,1-2H3,(H3,19,20,21). The molecule has 5 heteroatoms. The van der Waals surface area contributed by atoms with Gasteiger partial charge in [0.1, 0.15) is 0 Å². The van der Waals surface area contributed by atoms with Gasteiger partial charge in [-0.3, -0.25) is 4.99 Å². The van der Waals surface area contributed by atoms with Gasteiger partial charge in [-0.2, -0.15) is 0 Å². The number of rotatable bonds is 8. The number of hydrogen-bond acceptors (Lipinski definition) is 3. The Morgan fingerprint density at radius 3 is 3.09 bits per heavy atom. The number of anilines is 1. The van der Waals surface area contributed by atoms with Crippen molar-refractivity contribution in [1.82, 2.24) is 0 Å². The predicted molar refractivity (Wildman–Crippen MR) is 95.1 cm³/mol. The van der Waals surface area contributed by atoms with Crippen LogP contribution in [0.4, 0.5) is 5.69 Å². The van der Waals surface area contributed by atoms with Crippen molar-refractivity contribution in [3.8, 4) is 0 Å². The lowest BCUT2D eigenvalue weighted by Crippen LogP contribution is -2.23. The van der Waals surface area contributed by atoms with Crippen LogP contribution in [-0.4, -0.2) is 38.4 Å². The lowest BCUT2D eigenvalue weighted by Gasteiger charge is -2.10. The summed E-state index contributed by atoms with van der Waals surface area (Å²) in [4.78, 5) is 4.34. The average Bonchev–Trinajstić information content (AvgIpc) is 3.04.